The van der Waals surface area contributed by atoms with Crippen LogP contribution in [0.2, 0.25) is 0 Å². The molecule has 1 fully saturated rings. The maximum atomic E-state index is 12.3. The molecule has 2 rings (SSSR count). The van der Waals surface area contributed by atoms with E-state index in [4.69, 9.17) is 10.6 Å². The van der Waals surface area contributed by atoms with Gasteiger partial charge in [0.25, 0.3) is 0 Å². The average Bonchev–Trinajstić information content (AvgIpc) is 2.45. The largest absolute Gasteiger partial charge is 0.377 e. The fourth-order valence-electron chi connectivity index (χ4n) is 2.24. The first kappa shape index (κ1) is 15.5. The Balaban J connectivity index is 2.26. The monoisotopic (exact) mass is 294 g/mol. The number of rotatable bonds is 4. The number of carbonyl (C=O) groups excluding carboxylic acids is 1. The highest BCUT2D eigenvalue weighted by atomic mass is 16.5. The van der Waals surface area contributed by atoms with Gasteiger partial charge < -0.3 is 15.0 Å². The van der Waals surface area contributed by atoms with Crippen molar-refractivity contribution in [2.24, 2.45) is 5.84 Å². The summed E-state index contributed by atoms with van der Waals surface area (Å²) in [6.45, 7) is 7.20. The summed E-state index contributed by atoms with van der Waals surface area (Å²) in [4.78, 5) is 22.7. The molecule has 0 bridgehead atoms. The Morgan fingerprint density at radius 1 is 1.52 bits per heavy atom. The first-order valence-corrected chi connectivity index (χ1v) is 6.98. The molecule has 0 aliphatic carbocycles. The second kappa shape index (κ2) is 6.68. The minimum atomic E-state index is -0.402. The van der Waals surface area contributed by atoms with Gasteiger partial charge in [0.05, 0.1) is 13.2 Å². The topological polar surface area (TPSA) is 105 Å². The molecule has 1 atom stereocenters. The lowest BCUT2D eigenvalue weighted by molar-refractivity contribution is -0.125. The van der Waals surface area contributed by atoms with Crippen LogP contribution in [0.3, 0.4) is 0 Å². The van der Waals surface area contributed by atoms with Crippen LogP contribution < -0.4 is 21.5 Å². The second-order valence-electron chi connectivity index (χ2n) is 5.28. The number of hydrogen-bond acceptors (Lipinski definition) is 7. The minimum Gasteiger partial charge on any atom is -0.377 e. The van der Waals surface area contributed by atoms with Crippen LogP contribution >= 0.6 is 0 Å². The predicted octanol–water partition coefficient (Wildman–Crippen LogP) is -0.200. The Bertz CT molecular complexity index is 507. The summed E-state index contributed by atoms with van der Waals surface area (Å²) in [5, 5.41) is 2.91. The number of aryl methyl sites for hydroxylation is 1. The van der Waals surface area contributed by atoms with Crippen LogP contribution in [-0.2, 0) is 9.53 Å². The van der Waals surface area contributed by atoms with E-state index in [0.717, 1.165) is 5.69 Å². The molecule has 1 aromatic heterocycles. The average molecular weight is 294 g/mol. The number of aromatic nitrogens is 2. The molecule has 116 valence electrons. The highest BCUT2D eigenvalue weighted by Crippen LogP contribution is 2.20. The molecule has 1 unspecified atom stereocenters. The summed E-state index contributed by atoms with van der Waals surface area (Å²) in [6, 6.07) is 1.51. The Hall–Kier alpha value is -1.93. The van der Waals surface area contributed by atoms with E-state index in [0.29, 0.717) is 31.5 Å². The third-order valence-electron chi connectivity index (χ3n) is 3.13. The Morgan fingerprint density at radius 3 is 2.95 bits per heavy atom. The normalized spacial score (nSPS) is 18.7. The number of nitrogens with one attached hydrogen (secondary N) is 2. The lowest BCUT2D eigenvalue weighted by Gasteiger charge is -2.36. The summed E-state index contributed by atoms with van der Waals surface area (Å²) < 4.78 is 5.44. The molecule has 1 aromatic rings. The second-order valence-corrected chi connectivity index (χ2v) is 5.28. The molecule has 1 amide bonds. The van der Waals surface area contributed by atoms with Crippen molar-refractivity contribution in [1.82, 2.24) is 15.3 Å². The Labute approximate surface area is 124 Å². The molecule has 0 aromatic carbocycles. The first-order chi connectivity index (χ1) is 10.0. The van der Waals surface area contributed by atoms with E-state index in [-0.39, 0.29) is 11.9 Å². The van der Waals surface area contributed by atoms with E-state index in [2.05, 4.69) is 20.7 Å². The highest BCUT2D eigenvalue weighted by Gasteiger charge is 2.31. The van der Waals surface area contributed by atoms with Crippen LogP contribution in [0, 0.1) is 6.92 Å². The molecule has 2 heterocycles. The summed E-state index contributed by atoms with van der Waals surface area (Å²) in [7, 11) is 0. The molecule has 0 radical (unpaired) electrons. The molecule has 4 N–H and O–H groups in total. The molecule has 1 aliphatic rings. The lowest BCUT2D eigenvalue weighted by Crippen LogP contribution is -2.55. The van der Waals surface area contributed by atoms with Crippen LogP contribution in [0.15, 0.2) is 6.07 Å². The SMILES string of the molecule is Cc1cc(N2CCOCC2C(=O)NC(C)C)nc(NN)n1. The summed E-state index contributed by atoms with van der Waals surface area (Å²) in [5.41, 5.74) is 3.22. The molecule has 0 spiro atoms. The van der Waals surface area contributed by atoms with Crippen LogP contribution in [-0.4, -0.2) is 47.7 Å². The van der Waals surface area contributed by atoms with Crippen LogP contribution in [0.25, 0.3) is 0 Å². The van der Waals surface area contributed by atoms with Gasteiger partial charge in [-0.3, -0.25) is 10.2 Å². The molecular formula is C13H22N6O2. The van der Waals surface area contributed by atoms with Crippen molar-refractivity contribution < 1.29 is 9.53 Å². The number of ether oxygens (including phenoxy) is 1. The van der Waals surface area contributed by atoms with Gasteiger partial charge >= 0.3 is 0 Å². The number of hydrogen-bond donors (Lipinski definition) is 3. The van der Waals surface area contributed by atoms with E-state index < -0.39 is 6.04 Å². The number of nitrogens with zero attached hydrogens (tertiary/aromatic N) is 3. The summed E-state index contributed by atoms with van der Waals surface area (Å²) in [6.07, 6.45) is 0. The van der Waals surface area contributed by atoms with Gasteiger partial charge in [0.1, 0.15) is 11.9 Å². The van der Waals surface area contributed by atoms with Crippen molar-refractivity contribution in [3.8, 4) is 0 Å². The van der Waals surface area contributed by atoms with Crippen molar-refractivity contribution in [2.45, 2.75) is 32.9 Å². The van der Waals surface area contributed by atoms with E-state index in [1.54, 1.807) is 0 Å². The van der Waals surface area contributed by atoms with Gasteiger partial charge in [0, 0.05) is 24.3 Å². The standard InChI is InChI=1S/C13H22N6O2/c1-8(2)15-12(20)10-7-21-5-4-19(10)11-6-9(3)16-13(17-11)18-14/h6,8,10H,4-5,7,14H2,1-3H3,(H,15,20)(H,16,17,18). The molecule has 0 saturated carbocycles. The van der Waals surface area contributed by atoms with Gasteiger partial charge in [-0.1, -0.05) is 0 Å². The zero-order chi connectivity index (χ0) is 15.4. The van der Waals surface area contributed by atoms with Gasteiger partial charge in [-0.15, -0.1) is 0 Å². The van der Waals surface area contributed by atoms with Crippen molar-refractivity contribution >= 4 is 17.7 Å². The fraction of sp³-hybridized carbons (Fsp3) is 0.615. The van der Waals surface area contributed by atoms with E-state index >= 15 is 0 Å². The number of anilines is 2. The number of morpholine rings is 1. The van der Waals surface area contributed by atoms with Crippen molar-refractivity contribution in [1.29, 1.82) is 0 Å². The van der Waals surface area contributed by atoms with Gasteiger partial charge in [-0.25, -0.2) is 10.8 Å². The van der Waals surface area contributed by atoms with Gasteiger partial charge in [0.15, 0.2) is 0 Å². The Morgan fingerprint density at radius 2 is 2.29 bits per heavy atom. The smallest absolute Gasteiger partial charge is 0.245 e. The van der Waals surface area contributed by atoms with Crippen molar-refractivity contribution in [3.05, 3.63) is 11.8 Å². The van der Waals surface area contributed by atoms with E-state index in [1.165, 1.54) is 0 Å². The van der Waals surface area contributed by atoms with Crippen molar-refractivity contribution in [3.63, 3.8) is 0 Å². The number of nitrogen functional groups attached to an aromatic ring is 1. The maximum Gasteiger partial charge on any atom is 0.245 e. The molecule has 21 heavy (non-hydrogen) atoms. The summed E-state index contributed by atoms with van der Waals surface area (Å²) >= 11 is 0. The Kier molecular flexibility index (Phi) is 4.92. The molecular weight excluding hydrogens is 272 g/mol. The third-order valence-corrected chi connectivity index (χ3v) is 3.13. The van der Waals surface area contributed by atoms with Crippen LogP contribution in [0.5, 0.6) is 0 Å². The van der Waals surface area contributed by atoms with Crippen LogP contribution in [0.1, 0.15) is 19.5 Å². The van der Waals surface area contributed by atoms with Gasteiger partial charge in [-0.05, 0) is 20.8 Å². The zero-order valence-electron chi connectivity index (χ0n) is 12.6. The van der Waals surface area contributed by atoms with Gasteiger partial charge in [-0.2, -0.15) is 4.98 Å². The number of amides is 1. The quantitative estimate of drug-likeness (QED) is 0.521. The van der Waals surface area contributed by atoms with E-state index in [9.17, 15) is 4.79 Å². The maximum absolute atomic E-state index is 12.3. The van der Waals surface area contributed by atoms with Crippen LogP contribution in [0.4, 0.5) is 11.8 Å². The molecule has 1 saturated heterocycles. The van der Waals surface area contributed by atoms with E-state index in [1.807, 2.05) is 31.7 Å². The number of nitrogens with two attached hydrogens (primary N) is 1. The number of carbonyl (C=O) groups is 1. The van der Waals surface area contributed by atoms with Crippen molar-refractivity contribution in [2.75, 3.05) is 30.1 Å². The molecule has 8 nitrogen and oxygen atoms in total. The zero-order valence-corrected chi connectivity index (χ0v) is 12.6. The third kappa shape index (κ3) is 3.79. The number of hydrazine groups is 1. The first-order valence-electron chi connectivity index (χ1n) is 6.98. The van der Waals surface area contributed by atoms with Gasteiger partial charge in [0.2, 0.25) is 11.9 Å². The summed E-state index contributed by atoms with van der Waals surface area (Å²) in [5.74, 6) is 6.32. The predicted molar refractivity (Wildman–Crippen MR) is 79.8 cm³/mol. The molecule has 8 heteroatoms. The molecule has 1 aliphatic heterocycles. The fourth-order valence-corrected chi connectivity index (χ4v) is 2.24. The minimum absolute atomic E-state index is 0.0665. The lowest BCUT2D eigenvalue weighted by atomic mass is 10.2. The highest BCUT2D eigenvalue weighted by molar-refractivity contribution is 5.85.